The van der Waals surface area contributed by atoms with Crippen LogP contribution in [0.25, 0.3) is 0 Å². The van der Waals surface area contributed by atoms with Gasteiger partial charge in [-0.2, -0.15) is 13.2 Å². The van der Waals surface area contributed by atoms with E-state index in [2.05, 4.69) is 5.43 Å². The van der Waals surface area contributed by atoms with Crippen LogP contribution < -0.4 is 11.3 Å². The van der Waals surface area contributed by atoms with E-state index in [0.29, 0.717) is 18.3 Å². The Labute approximate surface area is 100 Å². The lowest BCUT2D eigenvalue weighted by atomic mass is 9.81. The van der Waals surface area contributed by atoms with Gasteiger partial charge in [0.05, 0.1) is 0 Å². The Hall–Kier alpha value is -0.290. The molecule has 2 aliphatic carbocycles. The number of alkyl halides is 3. The molecule has 17 heavy (non-hydrogen) atoms. The van der Waals surface area contributed by atoms with Crippen LogP contribution in [-0.2, 0) is 0 Å². The van der Waals surface area contributed by atoms with Gasteiger partial charge in [-0.05, 0) is 49.9 Å². The lowest BCUT2D eigenvalue weighted by Gasteiger charge is -2.30. The van der Waals surface area contributed by atoms with Crippen molar-refractivity contribution < 1.29 is 13.2 Å². The van der Waals surface area contributed by atoms with E-state index in [1.807, 2.05) is 0 Å². The van der Waals surface area contributed by atoms with Crippen LogP contribution in [0.3, 0.4) is 0 Å². The van der Waals surface area contributed by atoms with Crippen molar-refractivity contribution in [3.8, 4) is 0 Å². The molecule has 0 radical (unpaired) electrons. The average Bonchev–Trinajstić information content (AvgIpc) is 2.84. The van der Waals surface area contributed by atoms with E-state index >= 15 is 0 Å². The van der Waals surface area contributed by atoms with Crippen LogP contribution in [0.5, 0.6) is 0 Å². The number of nitrogens with one attached hydrogen (secondary N) is 1. The summed E-state index contributed by atoms with van der Waals surface area (Å²) in [6, 6.07) is 0.0765. The largest absolute Gasteiger partial charge is 0.389 e. The van der Waals surface area contributed by atoms with Crippen LogP contribution in [0, 0.1) is 17.8 Å². The first-order valence-corrected chi connectivity index (χ1v) is 6.52. The number of hydrogen-bond donors (Lipinski definition) is 2. The van der Waals surface area contributed by atoms with E-state index < -0.39 is 12.6 Å². The number of hydrogen-bond acceptors (Lipinski definition) is 2. The number of fused-ring (bicyclic) bond motifs is 2. The molecular formula is C12H21F3N2. The van der Waals surface area contributed by atoms with Gasteiger partial charge in [0.1, 0.15) is 0 Å². The summed E-state index contributed by atoms with van der Waals surface area (Å²) < 4.78 is 36.3. The molecule has 2 bridgehead atoms. The van der Waals surface area contributed by atoms with Crippen LogP contribution in [0.4, 0.5) is 13.2 Å². The molecule has 0 heterocycles. The molecule has 3 N–H and O–H groups in total. The molecule has 2 nitrogen and oxygen atoms in total. The molecule has 100 valence electrons. The van der Waals surface area contributed by atoms with E-state index in [1.165, 1.54) is 19.3 Å². The zero-order chi connectivity index (χ0) is 12.5. The number of nitrogens with two attached hydrogens (primary N) is 1. The van der Waals surface area contributed by atoms with Crippen LogP contribution in [0.2, 0.25) is 0 Å². The number of rotatable bonds is 5. The van der Waals surface area contributed by atoms with Crippen molar-refractivity contribution in [3.05, 3.63) is 0 Å². The van der Waals surface area contributed by atoms with E-state index in [9.17, 15) is 13.2 Å². The molecule has 0 aromatic carbocycles. The van der Waals surface area contributed by atoms with Gasteiger partial charge >= 0.3 is 6.18 Å². The summed E-state index contributed by atoms with van der Waals surface area (Å²) in [5, 5.41) is 0. The number of hydrazine groups is 1. The predicted octanol–water partition coefficient (Wildman–Crippen LogP) is 2.99. The number of halogens is 3. The molecular weight excluding hydrogens is 229 g/mol. The Bertz CT molecular complexity index is 255. The first-order chi connectivity index (χ1) is 7.99. The van der Waals surface area contributed by atoms with Crippen molar-refractivity contribution in [2.24, 2.45) is 23.6 Å². The van der Waals surface area contributed by atoms with Crippen molar-refractivity contribution in [3.63, 3.8) is 0 Å². The van der Waals surface area contributed by atoms with Gasteiger partial charge in [-0.1, -0.05) is 6.42 Å². The minimum atomic E-state index is -4.03. The average molecular weight is 250 g/mol. The third kappa shape index (κ3) is 3.35. The van der Waals surface area contributed by atoms with Gasteiger partial charge in [0.25, 0.3) is 0 Å². The molecule has 0 aromatic heterocycles. The first-order valence-electron chi connectivity index (χ1n) is 6.52. The molecule has 0 amide bonds. The minimum absolute atomic E-state index is 0.0765. The maximum Gasteiger partial charge on any atom is 0.389 e. The Morgan fingerprint density at radius 2 is 2.00 bits per heavy atom. The lowest BCUT2D eigenvalue weighted by Crippen LogP contribution is -2.42. The van der Waals surface area contributed by atoms with Gasteiger partial charge in [-0.25, -0.2) is 0 Å². The quantitative estimate of drug-likeness (QED) is 0.581. The van der Waals surface area contributed by atoms with Crippen LogP contribution in [0.1, 0.15) is 44.9 Å². The molecule has 0 aliphatic heterocycles. The van der Waals surface area contributed by atoms with Crippen molar-refractivity contribution in [2.75, 3.05) is 0 Å². The molecule has 2 rings (SSSR count). The molecule has 2 fully saturated rings. The van der Waals surface area contributed by atoms with E-state index in [-0.39, 0.29) is 12.5 Å². The topological polar surface area (TPSA) is 38.0 Å². The summed E-state index contributed by atoms with van der Waals surface area (Å²) in [5.74, 6) is 7.52. The van der Waals surface area contributed by atoms with Crippen LogP contribution >= 0.6 is 0 Å². The van der Waals surface area contributed by atoms with Crippen molar-refractivity contribution >= 4 is 0 Å². The fourth-order valence-electron chi connectivity index (χ4n) is 3.73. The third-order valence-electron chi connectivity index (χ3n) is 4.50. The van der Waals surface area contributed by atoms with E-state index in [0.717, 1.165) is 12.3 Å². The molecule has 5 heteroatoms. The third-order valence-corrected chi connectivity index (χ3v) is 4.50. The summed E-state index contributed by atoms with van der Waals surface area (Å²) in [4.78, 5) is 0. The van der Waals surface area contributed by atoms with Crippen LogP contribution in [0.15, 0.2) is 0 Å². The second-order valence-electron chi connectivity index (χ2n) is 5.62. The highest BCUT2D eigenvalue weighted by atomic mass is 19.4. The van der Waals surface area contributed by atoms with E-state index in [4.69, 9.17) is 5.84 Å². The summed E-state index contributed by atoms with van der Waals surface area (Å²) in [6.07, 6.45) is 0.984. The zero-order valence-corrected chi connectivity index (χ0v) is 9.97. The van der Waals surface area contributed by atoms with Crippen molar-refractivity contribution in [1.82, 2.24) is 5.43 Å². The van der Waals surface area contributed by atoms with Crippen molar-refractivity contribution in [2.45, 2.75) is 57.2 Å². The van der Waals surface area contributed by atoms with E-state index in [1.54, 1.807) is 0 Å². The monoisotopic (exact) mass is 250 g/mol. The Balaban J connectivity index is 1.77. The van der Waals surface area contributed by atoms with Gasteiger partial charge in [0.15, 0.2) is 0 Å². The molecule has 4 atom stereocenters. The summed E-state index contributed by atoms with van der Waals surface area (Å²) in [5.41, 5.74) is 2.75. The fourth-order valence-corrected chi connectivity index (χ4v) is 3.73. The molecule has 0 saturated heterocycles. The molecule has 2 saturated carbocycles. The molecule has 4 unspecified atom stereocenters. The molecule has 0 aromatic rings. The molecule has 0 spiro atoms. The van der Waals surface area contributed by atoms with Gasteiger partial charge in [0.2, 0.25) is 0 Å². The van der Waals surface area contributed by atoms with Gasteiger partial charge in [0, 0.05) is 12.5 Å². The highest BCUT2D eigenvalue weighted by Crippen LogP contribution is 2.50. The summed E-state index contributed by atoms with van der Waals surface area (Å²) in [6.45, 7) is 0. The maximum atomic E-state index is 12.1. The first kappa shape index (κ1) is 13.1. The second kappa shape index (κ2) is 5.14. The highest BCUT2D eigenvalue weighted by molar-refractivity contribution is 4.94. The van der Waals surface area contributed by atoms with Gasteiger partial charge < -0.3 is 0 Å². The minimum Gasteiger partial charge on any atom is -0.271 e. The smallest absolute Gasteiger partial charge is 0.271 e. The van der Waals surface area contributed by atoms with Gasteiger partial charge in [-0.15, -0.1) is 0 Å². The lowest BCUT2D eigenvalue weighted by molar-refractivity contribution is -0.136. The SMILES string of the molecule is NNC(CCCC(F)(F)F)C1CC2CCC1C2. The maximum absolute atomic E-state index is 12.1. The highest BCUT2D eigenvalue weighted by Gasteiger charge is 2.42. The normalized spacial score (nSPS) is 34.2. The second-order valence-corrected chi connectivity index (χ2v) is 5.62. The fraction of sp³-hybridized carbons (Fsp3) is 1.00. The van der Waals surface area contributed by atoms with Crippen molar-refractivity contribution in [1.29, 1.82) is 0 Å². The predicted molar refractivity (Wildman–Crippen MR) is 60.0 cm³/mol. The standard InChI is InChI=1S/C12H21F3N2/c13-12(14,15)5-1-2-11(17-16)10-7-8-3-4-9(10)6-8/h8-11,17H,1-7,16H2. The Morgan fingerprint density at radius 1 is 1.24 bits per heavy atom. The van der Waals surface area contributed by atoms with Gasteiger partial charge in [-0.3, -0.25) is 11.3 Å². The Kier molecular flexibility index (Phi) is 3.98. The molecule has 2 aliphatic rings. The Morgan fingerprint density at radius 3 is 2.47 bits per heavy atom. The zero-order valence-electron chi connectivity index (χ0n) is 9.97. The summed E-state index contributed by atoms with van der Waals surface area (Å²) >= 11 is 0. The van der Waals surface area contributed by atoms with Crippen LogP contribution in [-0.4, -0.2) is 12.2 Å². The summed E-state index contributed by atoms with van der Waals surface area (Å²) in [7, 11) is 0.